The van der Waals surface area contributed by atoms with Gasteiger partial charge in [0.2, 0.25) is 0 Å². The summed E-state index contributed by atoms with van der Waals surface area (Å²) >= 11 is 1.71. The number of aliphatic imine (C=N–C) groups is 1. The Labute approximate surface area is 154 Å². The predicted octanol–water partition coefficient (Wildman–Crippen LogP) is 3.97. The number of hydrogen-bond acceptors (Lipinski definition) is 2. The molecule has 0 aliphatic heterocycles. The standard InChI is InChI=1S/C17H23N3S.HI/c1-3-18-17(20-12-16-9-11-21-13-16)19-10-8-15-6-4-14(2)5-7-15;/h4-7,9,11,13H,3,8,10,12H2,1-2H3,(H2,18,19,20);1H. The van der Waals surface area contributed by atoms with Crippen LogP contribution in [0, 0.1) is 6.92 Å². The average molecular weight is 429 g/mol. The van der Waals surface area contributed by atoms with Crippen LogP contribution < -0.4 is 10.6 Å². The lowest BCUT2D eigenvalue weighted by atomic mass is 10.1. The third-order valence-electron chi connectivity index (χ3n) is 3.17. The van der Waals surface area contributed by atoms with Gasteiger partial charge in [0, 0.05) is 13.1 Å². The van der Waals surface area contributed by atoms with Gasteiger partial charge in [0.1, 0.15) is 0 Å². The van der Waals surface area contributed by atoms with Crippen LogP contribution in [0.2, 0.25) is 0 Å². The first-order valence-corrected chi connectivity index (χ1v) is 8.31. The highest BCUT2D eigenvalue weighted by atomic mass is 127. The maximum atomic E-state index is 4.60. The number of benzene rings is 1. The molecule has 2 aromatic rings. The van der Waals surface area contributed by atoms with Crippen molar-refractivity contribution in [1.29, 1.82) is 0 Å². The summed E-state index contributed by atoms with van der Waals surface area (Å²) in [5.74, 6) is 0.885. The summed E-state index contributed by atoms with van der Waals surface area (Å²) < 4.78 is 0. The first-order chi connectivity index (χ1) is 10.3. The largest absolute Gasteiger partial charge is 0.357 e. The number of halogens is 1. The molecule has 0 unspecified atom stereocenters. The zero-order chi connectivity index (χ0) is 14.9. The first-order valence-electron chi connectivity index (χ1n) is 7.36. The second-order valence-electron chi connectivity index (χ2n) is 4.99. The summed E-state index contributed by atoms with van der Waals surface area (Å²) in [6.45, 7) is 6.69. The number of aryl methyl sites for hydroxylation is 1. The maximum absolute atomic E-state index is 4.60. The van der Waals surface area contributed by atoms with E-state index in [1.165, 1.54) is 16.7 Å². The molecule has 0 fully saturated rings. The van der Waals surface area contributed by atoms with Crippen LogP contribution in [0.5, 0.6) is 0 Å². The van der Waals surface area contributed by atoms with Crippen LogP contribution >= 0.6 is 35.3 Å². The number of rotatable bonds is 6. The van der Waals surface area contributed by atoms with Crippen molar-refractivity contribution in [3.63, 3.8) is 0 Å². The molecule has 120 valence electrons. The van der Waals surface area contributed by atoms with Gasteiger partial charge in [-0.15, -0.1) is 24.0 Å². The Morgan fingerprint density at radius 3 is 2.50 bits per heavy atom. The van der Waals surface area contributed by atoms with Gasteiger partial charge in [0.25, 0.3) is 0 Å². The van der Waals surface area contributed by atoms with Crippen molar-refractivity contribution in [2.75, 3.05) is 13.1 Å². The average Bonchev–Trinajstić information content (AvgIpc) is 3.00. The van der Waals surface area contributed by atoms with E-state index in [-0.39, 0.29) is 24.0 Å². The number of thiophene rings is 1. The normalized spacial score (nSPS) is 10.9. The van der Waals surface area contributed by atoms with Crippen molar-refractivity contribution in [1.82, 2.24) is 10.6 Å². The molecule has 2 rings (SSSR count). The minimum atomic E-state index is 0. The lowest BCUT2D eigenvalue weighted by molar-refractivity contribution is 0.800. The Morgan fingerprint density at radius 2 is 1.86 bits per heavy atom. The highest BCUT2D eigenvalue weighted by Crippen LogP contribution is 2.07. The summed E-state index contributed by atoms with van der Waals surface area (Å²) in [5.41, 5.74) is 3.91. The molecule has 0 saturated carbocycles. The van der Waals surface area contributed by atoms with Crippen LogP contribution in [-0.4, -0.2) is 19.0 Å². The van der Waals surface area contributed by atoms with Crippen LogP contribution in [0.25, 0.3) is 0 Å². The van der Waals surface area contributed by atoms with Gasteiger partial charge in [-0.3, -0.25) is 0 Å². The fraction of sp³-hybridized carbons (Fsp3) is 0.353. The van der Waals surface area contributed by atoms with Crippen LogP contribution in [0.1, 0.15) is 23.6 Å². The predicted molar refractivity (Wildman–Crippen MR) is 107 cm³/mol. The fourth-order valence-electron chi connectivity index (χ4n) is 1.97. The van der Waals surface area contributed by atoms with Gasteiger partial charge in [-0.1, -0.05) is 29.8 Å². The van der Waals surface area contributed by atoms with Crippen LogP contribution in [0.4, 0.5) is 0 Å². The molecule has 5 heteroatoms. The zero-order valence-corrected chi connectivity index (χ0v) is 16.3. The molecule has 0 saturated heterocycles. The molecular weight excluding hydrogens is 405 g/mol. The smallest absolute Gasteiger partial charge is 0.191 e. The van der Waals surface area contributed by atoms with Gasteiger partial charge in [-0.2, -0.15) is 11.3 Å². The molecule has 0 bridgehead atoms. The van der Waals surface area contributed by atoms with E-state index < -0.39 is 0 Å². The molecule has 2 N–H and O–H groups in total. The summed E-state index contributed by atoms with van der Waals surface area (Å²) in [7, 11) is 0. The van der Waals surface area contributed by atoms with Crippen molar-refractivity contribution in [2.24, 2.45) is 4.99 Å². The van der Waals surface area contributed by atoms with Crippen LogP contribution in [0.15, 0.2) is 46.1 Å². The monoisotopic (exact) mass is 429 g/mol. The summed E-state index contributed by atoms with van der Waals surface area (Å²) in [6.07, 6.45) is 1.00. The van der Waals surface area contributed by atoms with E-state index in [1.807, 2.05) is 0 Å². The number of nitrogens with zero attached hydrogens (tertiary/aromatic N) is 1. The quantitative estimate of drug-likeness (QED) is 0.414. The summed E-state index contributed by atoms with van der Waals surface area (Å²) in [6, 6.07) is 10.8. The highest BCUT2D eigenvalue weighted by molar-refractivity contribution is 14.0. The maximum Gasteiger partial charge on any atom is 0.191 e. The first kappa shape index (κ1) is 19.0. The third kappa shape index (κ3) is 6.79. The van der Waals surface area contributed by atoms with Gasteiger partial charge >= 0.3 is 0 Å². The number of nitrogens with one attached hydrogen (secondary N) is 2. The highest BCUT2D eigenvalue weighted by Gasteiger charge is 1.98. The summed E-state index contributed by atoms with van der Waals surface area (Å²) in [5, 5.41) is 10.9. The van der Waals surface area contributed by atoms with Crippen molar-refractivity contribution >= 4 is 41.3 Å². The Hall–Kier alpha value is -1.08. The molecular formula is C17H24IN3S. The number of guanidine groups is 1. The molecule has 0 radical (unpaired) electrons. The van der Waals surface area contributed by atoms with Gasteiger partial charge in [-0.05, 0) is 48.2 Å². The molecule has 1 aromatic heterocycles. The molecule has 0 spiro atoms. The third-order valence-corrected chi connectivity index (χ3v) is 3.90. The van der Waals surface area contributed by atoms with Crippen molar-refractivity contribution in [3.05, 3.63) is 57.8 Å². The second kappa shape index (κ2) is 10.6. The molecule has 22 heavy (non-hydrogen) atoms. The molecule has 1 heterocycles. The van der Waals surface area contributed by atoms with E-state index in [2.05, 4.69) is 70.6 Å². The lowest BCUT2D eigenvalue weighted by Gasteiger charge is -2.11. The van der Waals surface area contributed by atoms with E-state index in [9.17, 15) is 0 Å². The summed E-state index contributed by atoms with van der Waals surface area (Å²) in [4.78, 5) is 4.60. The molecule has 0 aliphatic carbocycles. The van der Waals surface area contributed by atoms with Gasteiger partial charge in [-0.25, -0.2) is 4.99 Å². The van der Waals surface area contributed by atoms with Gasteiger partial charge in [0.15, 0.2) is 5.96 Å². The van der Waals surface area contributed by atoms with Gasteiger partial charge < -0.3 is 10.6 Å². The molecule has 0 aliphatic rings. The van der Waals surface area contributed by atoms with Crippen molar-refractivity contribution < 1.29 is 0 Å². The van der Waals surface area contributed by atoms with E-state index in [4.69, 9.17) is 0 Å². The van der Waals surface area contributed by atoms with Crippen molar-refractivity contribution in [2.45, 2.75) is 26.8 Å². The Morgan fingerprint density at radius 1 is 1.09 bits per heavy atom. The van der Waals surface area contributed by atoms with Crippen molar-refractivity contribution in [3.8, 4) is 0 Å². The van der Waals surface area contributed by atoms with E-state index >= 15 is 0 Å². The molecule has 3 nitrogen and oxygen atoms in total. The van der Waals surface area contributed by atoms with Crippen LogP contribution in [-0.2, 0) is 13.0 Å². The van der Waals surface area contributed by atoms with Gasteiger partial charge in [0.05, 0.1) is 6.54 Å². The molecule has 0 amide bonds. The lowest BCUT2D eigenvalue weighted by Crippen LogP contribution is -2.38. The fourth-order valence-corrected chi connectivity index (χ4v) is 2.63. The zero-order valence-electron chi connectivity index (χ0n) is 13.1. The topological polar surface area (TPSA) is 36.4 Å². The SMILES string of the molecule is CCNC(=NCc1ccsc1)NCCc1ccc(C)cc1.I. The minimum absolute atomic E-state index is 0. The van der Waals surface area contributed by atoms with E-state index in [1.54, 1.807) is 11.3 Å². The van der Waals surface area contributed by atoms with E-state index in [0.29, 0.717) is 0 Å². The molecule has 0 atom stereocenters. The second-order valence-corrected chi connectivity index (χ2v) is 5.77. The Balaban J connectivity index is 0.00000242. The Bertz CT molecular complexity index is 550. The minimum Gasteiger partial charge on any atom is -0.357 e. The molecule has 1 aromatic carbocycles. The van der Waals surface area contributed by atoms with Crippen LogP contribution in [0.3, 0.4) is 0 Å². The Kier molecular flexibility index (Phi) is 9.15. The van der Waals surface area contributed by atoms with E-state index in [0.717, 1.165) is 32.0 Å². The number of hydrogen-bond donors (Lipinski definition) is 2.